The van der Waals surface area contributed by atoms with Crippen LogP contribution in [-0.2, 0) is 25.7 Å². The van der Waals surface area contributed by atoms with Crippen molar-refractivity contribution in [1.82, 2.24) is 4.90 Å². The van der Waals surface area contributed by atoms with Gasteiger partial charge in [-0.3, -0.25) is 24.1 Å². The Labute approximate surface area is 195 Å². The zero-order chi connectivity index (χ0) is 24.1. The molecule has 1 heterocycles. The number of halogens is 1. The van der Waals surface area contributed by atoms with Gasteiger partial charge < -0.3 is 19.5 Å². The molecule has 174 valence electrons. The predicted octanol–water partition coefficient (Wildman–Crippen LogP) is 2.74. The highest BCUT2D eigenvalue weighted by molar-refractivity contribution is 6.34. The van der Waals surface area contributed by atoms with Crippen LogP contribution in [0.5, 0.6) is 5.75 Å². The minimum Gasteiger partial charge on any atom is -0.490 e. The number of amides is 2. The van der Waals surface area contributed by atoms with Gasteiger partial charge in [0.2, 0.25) is 5.91 Å². The van der Waals surface area contributed by atoms with E-state index in [0.717, 1.165) is 0 Å². The van der Waals surface area contributed by atoms with E-state index in [2.05, 4.69) is 0 Å². The fourth-order valence-corrected chi connectivity index (χ4v) is 3.70. The quantitative estimate of drug-likeness (QED) is 0.614. The van der Waals surface area contributed by atoms with Gasteiger partial charge in [-0.15, -0.1) is 0 Å². The van der Waals surface area contributed by atoms with Crippen LogP contribution in [0, 0.1) is 0 Å². The number of aliphatic carboxylic acids is 1. The van der Waals surface area contributed by atoms with Gasteiger partial charge >= 0.3 is 11.9 Å². The summed E-state index contributed by atoms with van der Waals surface area (Å²) < 4.78 is 10.6. The van der Waals surface area contributed by atoms with Crippen molar-refractivity contribution in [2.75, 3.05) is 24.6 Å². The maximum Gasteiger partial charge on any atom is 0.323 e. The smallest absolute Gasteiger partial charge is 0.323 e. The SMILES string of the molecule is CC(=O)OC(C)COc1ccc(C(=O)N2CC(=O)N(CC(=O)O)Cc3ccccc32)c(Cl)c1. The lowest BCUT2D eigenvalue weighted by atomic mass is 10.1. The van der Waals surface area contributed by atoms with Crippen molar-refractivity contribution in [2.45, 2.75) is 26.5 Å². The third-order valence-electron chi connectivity index (χ3n) is 4.88. The van der Waals surface area contributed by atoms with Gasteiger partial charge in [0.05, 0.1) is 10.6 Å². The van der Waals surface area contributed by atoms with Gasteiger partial charge in [-0.25, -0.2) is 0 Å². The number of para-hydroxylation sites is 1. The number of anilines is 1. The number of hydrogen-bond acceptors (Lipinski definition) is 6. The van der Waals surface area contributed by atoms with E-state index in [4.69, 9.17) is 26.2 Å². The Bertz CT molecular complexity index is 1090. The first-order valence-corrected chi connectivity index (χ1v) is 10.5. The maximum atomic E-state index is 13.4. The summed E-state index contributed by atoms with van der Waals surface area (Å²) in [6.45, 7) is 2.39. The number of hydrogen-bond donors (Lipinski definition) is 1. The van der Waals surface area contributed by atoms with E-state index in [1.54, 1.807) is 37.3 Å². The van der Waals surface area contributed by atoms with E-state index < -0.39 is 36.4 Å². The maximum absolute atomic E-state index is 13.4. The average Bonchev–Trinajstić information content (AvgIpc) is 2.88. The van der Waals surface area contributed by atoms with E-state index in [0.29, 0.717) is 17.0 Å². The number of ether oxygens (including phenoxy) is 2. The lowest BCUT2D eigenvalue weighted by Gasteiger charge is -2.23. The number of esters is 1. The molecule has 3 rings (SSSR count). The normalized spacial score (nSPS) is 14.2. The van der Waals surface area contributed by atoms with Crippen molar-refractivity contribution in [3.8, 4) is 5.75 Å². The van der Waals surface area contributed by atoms with Crippen molar-refractivity contribution in [3.05, 3.63) is 58.6 Å². The van der Waals surface area contributed by atoms with E-state index >= 15 is 0 Å². The van der Waals surface area contributed by atoms with Crippen molar-refractivity contribution < 1.29 is 33.8 Å². The first kappa shape index (κ1) is 24.1. The van der Waals surface area contributed by atoms with Gasteiger partial charge in [-0.2, -0.15) is 0 Å². The number of fused-ring (bicyclic) bond motifs is 1. The summed E-state index contributed by atoms with van der Waals surface area (Å²) in [6, 6.07) is 11.5. The monoisotopic (exact) mass is 474 g/mol. The second-order valence-corrected chi connectivity index (χ2v) is 7.94. The zero-order valence-electron chi connectivity index (χ0n) is 18.1. The average molecular weight is 475 g/mol. The van der Waals surface area contributed by atoms with Gasteiger partial charge in [0, 0.05) is 19.2 Å². The van der Waals surface area contributed by atoms with Gasteiger partial charge in [-0.05, 0) is 36.8 Å². The topological polar surface area (TPSA) is 113 Å². The molecule has 1 N–H and O–H groups in total. The Morgan fingerprint density at radius 2 is 1.88 bits per heavy atom. The first-order valence-electron chi connectivity index (χ1n) is 10.1. The van der Waals surface area contributed by atoms with Crippen LogP contribution >= 0.6 is 11.6 Å². The third kappa shape index (κ3) is 6.01. The van der Waals surface area contributed by atoms with Gasteiger partial charge in [0.1, 0.15) is 31.5 Å². The van der Waals surface area contributed by atoms with Crippen LogP contribution in [-0.4, -0.2) is 59.6 Å². The van der Waals surface area contributed by atoms with Crippen molar-refractivity contribution >= 4 is 41.0 Å². The summed E-state index contributed by atoms with van der Waals surface area (Å²) in [5.41, 5.74) is 1.31. The molecule has 0 aliphatic carbocycles. The number of carbonyl (C=O) groups is 4. The molecule has 2 amide bonds. The number of benzene rings is 2. The second-order valence-electron chi connectivity index (χ2n) is 7.54. The highest BCUT2D eigenvalue weighted by Gasteiger charge is 2.31. The molecule has 1 aliphatic heterocycles. The van der Waals surface area contributed by atoms with E-state index in [9.17, 15) is 19.2 Å². The van der Waals surface area contributed by atoms with E-state index in [1.807, 2.05) is 0 Å². The highest BCUT2D eigenvalue weighted by atomic mass is 35.5. The van der Waals surface area contributed by atoms with Crippen LogP contribution in [0.4, 0.5) is 5.69 Å². The summed E-state index contributed by atoms with van der Waals surface area (Å²) in [6.07, 6.45) is -0.462. The molecule has 0 saturated carbocycles. The molecule has 9 nitrogen and oxygen atoms in total. The highest BCUT2D eigenvalue weighted by Crippen LogP contribution is 2.30. The van der Waals surface area contributed by atoms with Gasteiger partial charge in [-0.1, -0.05) is 29.8 Å². The zero-order valence-corrected chi connectivity index (χ0v) is 18.9. The van der Waals surface area contributed by atoms with Crippen LogP contribution in [0.2, 0.25) is 5.02 Å². The lowest BCUT2D eigenvalue weighted by molar-refractivity contribution is -0.146. The number of nitrogens with zero attached hydrogens (tertiary/aromatic N) is 2. The molecular formula is C23H23ClN2O7. The van der Waals surface area contributed by atoms with E-state index in [1.165, 1.54) is 28.9 Å². The summed E-state index contributed by atoms with van der Waals surface area (Å²) in [7, 11) is 0. The fraction of sp³-hybridized carbons (Fsp3) is 0.304. The molecular weight excluding hydrogens is 452 g/mol. The Morgan fingerprint density at radius 1 is 1.15 bits per heavy atom. The van der Waals surface area contributed by atoms with Crippen LogP contribution in [0.3, 0.4) is 0 Å². The number of rotatable bonds is 7. The molecule has 1 atom stereocenters. The molecule has 2 aromatic carbocycles. The molecule has 0 saturated heterocycles. The van der Waals surface area contributed by atoms with E-state index in [-0.39, 0.29) is 30.3 Å². The Kier molecular flexibility index (Phi) is 7.55. The molecule has 1 unspecified atom stereocenters. The molecule has 33 heavy (non-hydrogen) atoms. The first-order chi connectivity index (χ1) is 15.7. The molecule has 10 heteroatoms. The Morgan fingerprint density at radius 3 is 2.55 bits per heavy atom. The fourth-order valence-electron chi connectivity index (χ4n) is 3.45. The minimum absolute atomic E-state index is 0.0755. The molecule has 0 fully saturated rings. The molecule has 1 aliphatic rings. The second kappa shape index (κ2) is 10.4. The molecule has 0 bridgehead atoms. The molecule has 2 aromatic rings. The van der Waals surface area contributed by atoms with Gasteiger partial charge in [0.25, 0.3) is 5.91 Å². The van der Waals surface area contributed by atoms with Crippen molar-refractivity contribution in [3.63, 3.8) is 0 Å². The molecule has 0 spiro atoms. The Hall–Kier alpha value is -3.59. The van der Waals surface area contributed by atoms with Crippen LogP contribution < -0.4 is 9.64 Å². The summed E-state index contributed by atoms with van der Waals surface area (Å²) in [5, 5.41) is 9.25. The summed E-state index contributed by atoms with van der Waals surface area (Å²) in [5.74, 6) is -2.16. The van der Waals surface area contributed by atoms with Gasteiger partial charge in [0.15, 0.2) is 0 Å². The molecule has 0 radical (unpaired) electrons. The Balaban J connectivity index is 1.83. The van der Waals surface area contributed by atoms with Crippen LogP contribution in [0.25, 0.3) is 0 Å². The lowest BCUT2D eigenvalue weighted by Crippen LogP contribution is -2.42. The predicted molar refractivity (Wildman–Crippen MR) is 119 cm³/mol. The van der Waals surface area contributed by atoms with Crippen molar-refractivity contribution in [1.29, 1.82) is 0 Å². The largest absolute Gasteiger partial charge is 0.490 e. The van der Waals surface area contributed by atoms with Crippen LogP contribution in [0.1, 0.15) is 29.8 Å². The number of carbonyl (C=O) groups excluding carboxylic acids is 3. The standard InChI is InChI=1S/C23H23ClN2O7/c1-14(33-15(2)27)13-32-17-7-8-18(19(24)9-17)23(31)26-11-21(28)25(12-22(29)30)10-16-5-3-4-6-20(16)26/h3-9,14H,10-13H2,1-2H3,(H,29,30). The number of carboxylic acid groups (broad SMARTS) is 1. The van der Waals surface area contributed by atoms with Crippen LogP contribution in [0.15, 0.2) is 42.5 Å². The molecule has 0 aromatic heterocycles. The summed E-state index contributed by atoms with van der Waals surface area (Å²) in [4.78, 5) is 50.7. The minimum atomic E-state index is -1.14. The number of carboxylic acids is 1. The third-order valence-corrected chi connectivity index (χ3v) is 5.20. The summed E-state index contributed by atoms with van der Waals surface area (Å²) >= 11 is 6.36. The van der Waals surface area contributed by atoms with Crippen molar-refractivity contribution in [2.24, 2.45) is 0 Å².